The van der Waals surface area contributed by atoms with Gasteiger partial charge in [0.05, 0.1) is 11.3 Å². The van der Waals surface area contributed by atoms with Gasteiger partial charge in [-0.05, 0) is 53.4 Å². The van der Waals surface area contributed by atoms with E-state index < -0.39 is 5.97 Å². The maximum atomic E-state index is 11.9. The second-order valence-electron chi connectivity index (χ2n) is 4.74. The van der Waals surface area contributed by atoms with E-state index in [9.17, 15) is 9.59 Å². The van der Waals surface area contributed by atoms with Gasteiger partial charge in [0.15, 0.2) is 0 Å². The van der Waals surface area contributed by atoms with Crippen LogP contribution in [0, 0.1) is 5.92 Å². The van der Waals surface area contributed by atoms with Crippen LogP contribution in [-0.2, 0) is 4.79 Å². The molecule has 5 nitrogen and oxygen atoms in total. The van der Waals surface area contributed by atoms with Gasteiger partial charge in [0.1, 0.15) is 0 Å². The minimum absolute atomic E-state index is 0.0720. The van der Waals surface area contributed by atoms with Crippen LogP contribution in [0.15, 0.2) is 22.7 Å². The van der Waals surface area contributed by atoms with E-state index in [1.165, 1.54) is 6.07 Å². The number of hydrogen-bond acceptors (Lipinski definition) is 3. The van der Waals surface area contributed by atoms with Crippen molar-refractivity contribution in [2.45, 2.75) is 26.2 Å². The SMILES string of the molecule is CC(CCN)CCC(=O)Nc1c(Br)cccc1C(=O)O. The molecule has 1 atom stereocenters. The topological polar surface area (TPSA) is 92.4 Å². The number of carbonyl (C=O) groups is 2. The van der Waals surface area contributed by atoms with Gasteiger partial charge in [-0.3, -0.25) is 4.79 Å². The number of hydrogen-bond donors (Lipinski definition) is 3. The van der Waals surface area contributed by atoms with Gasteiger partial charge in [0.2, 0.25) is 5.91 Å². The molecule has 1 rings (SSSR count). The molecule has 6 heteroatoms. The molecule has 1 aromatic carbocycles. The molecule has 20 heavy (non-hydrogen) atoms. The first-order valence-electron chi connectivity index (χ1n) is 6.47. The van der Waals surface area contributed by atoms with E-state index in [-0.39, 0.29) is 11.5 Å². The lowest BCUT2D eigenvalue weighted by Gasteiger charge is -2.12. The molecule has 1 unspecified atom stereocenters. The molecule has 0 aromatic heterocycles. The van der Waals surface area contributed by atoms with Gasteiger partial charge in [-0.25, -0.2) is 4.79 Å². The Morgan fingerprint density at radius 2 is 2.10 bits per heavy atom. The van der Waals surface area contributed by atoms with Crippen molar-refractivity contribution in [1.29, 1.82) is 0 Å². The summed E-state index contributed by atoms with van der Waals surface area (Å²) in [6, 6.07) is 4.77. The Kier molecular flexibility index (Phi) is 6.67. The fourth-order valence-corrected chi connectivity index (χ4v) is 2.30. The van der Waals surface area contributed by atoms with E-state index >= 15 is 0 Å². The summed E-state index contributed by atoms with van der Waals surface area (Å²) in [5.74, 6) is -0.884. The summed E-state index contributed by atoms with van der Waals surface area (Å²) >= 11 is 3.25. The molecule has 0 spiro atoms. The van der Waals surface area contributed by atoms with E-state index in [4.69, 9.17) is 10.8 Å². The molecule has 1 aromatic rings. The highest BCUT2D eigenvalue weighted by atomic mass is 79.9. The first-order valence-corrected chi connectivity index (χ1v) is 7.26. The Morgan fingerprint density at radius 1 is 1.40 bits per heavy atom. The smallest absolute Gasteiger partial charge is 0.337 e. The fourth-order valence-electron chi connectivity index (χ4n) is 1.84. The monoisotopic (exact) mass is 342 g/mol. The van der Waals surface area contributed by atoms with Gasteiger partial charge >= 0.3 is 5.97 Å². The van der Waals surface area contributed by atoms with Crippen molar-refractivity contribution in [1.82, 2.24) is 0 Å². The van der Waals surface area contributed by atoms with E-state index in [2.05, 4.69) is 21.2 Å². The van der Waals surface area contributed by atoms with Crippen LogP contribution in [0.5, 0.6) is 0 Å². The maximum Gasteiger partial charge on any atom is 0.337 e. The number of anilines is 1. The molecular formula is C14H19BrN2O3. The average molecular weight is 343 g/mol. The lowest BCUT2D eigenvalue weighted by atomic mass is 10.0. The van der Waals surface area contributed by atoms with Crippen LogP contribution >= 0.6 is 15.9 Å². The number of para-hydroxylation sites is 1. The Labute approximate surface area is 126 Å². The number of carbonyl (C=O) groups excluding carboxylic acids is 1. The van der Waals surface area contributed by atoms with E-state index in [0.29, 0.717) is 29.0 Å². The van der Waals surface area contributed by atoms with Gasteiger partial charge < -0.3 is 16.2 Å². The highest BCUT2D eigenvalue weighted by Gasteiger charge is 2.15. The summed E-state index contributed by atoms with van der Waals surface area (Å²) in [4.78, 5) is 23.0. The number of carboxylic acid groups (broad SMARTS) is 1. The van der Waals surface area contributed by atoms with Crippen LogP contribution in [0.1, 0.15) is 36.5 Å². The summed E-state index contributed by atoms with van der Waals surface area (Å²) in [6.45, 7) is 2.65. The number of aromatic carboxylic acids is 1. The summed E-state index contributed by atoms with van der Waals surface area (Å²) in [5, 5.41) is 11.8. The summed E-state index contributed by atoms with van der Waals surface area (Å²) < 4.78 is 0.556. The maximum absolute atomic E-state index is 11.9. The third-order valence-corrected chi connectivity index (χ3v) is 3.69. The van der Waals surface area contributed by atoms with Crippen LogP contribution in [0.3, 0.4) is 0 Å². The highest BCUT2D eigenvalue weighted by Crippen LogP contribution is 2.27. The average Bonchev–Trinajstić information content (AvgIpc) is 2.39. The molecule has 4 N–H and O–H groups in total. The number of benzene rings is 1. The van der Waals surface area contributed by atoms with Crippen LogP contribution in [-0.4, -0.2) is 23.5 Å². The predicted molar refractivity (Wildman–Crippen MR) is 81.8 cm³/mol. The second kappa shape index (κ2) is 8.01. The first-order chi connectivity index (χ1) is 9.45. The van der Waals surface area contributed by atoms with Crippen molar-refractivity contribution in [2.75, 3.05) is 11.9 Å². The Balaban J connectivity index is 2.69. The van der Waals surface area contributed by atoms with Gasteiger partial charge in [0, 0.05) is 10.9 Å². The van der Waals surface area contributed by atoms with Crippen molar-refractivity contribution in [3.8, 4) is 0 Å². The van der Waals surface area contributed by atoms with Crippen molar-refractivity contribution >= 4 is 33.5 Å². The van der Waals surface area contributed by atoms with Crippen molar-refractivity contribution in [3.63, 3.8) is 0 Å². The zero-order valence-electron chi connectivity index (χ0n) is 11.4. The molecule has 0 aliphatic rings. The van der Waals surface area contributed by atoms with E-state index in [0.717, 1.165) is 12.8 Å². The Hall–Kier alpha value is -1.40. The van der Waals surface area contributed by atoms with Crippen LogP contribution < -0.4 is 11.1 Å². The van der Waals surface area contributed by atoms with E-state index in [1.807, 2.05) is 6.92 Å². The van der Waals surface area contributed by atoms with E-state index in [1.54, 1.807) is 12.1 Å². The summed E-state index contributed by atoms with van der Waals surface area (Å²) in [5.41, 5.74) is 5.83. The minimum Gasteiger partial charge on any atom is -0.478 e. The van der Waals surface area contributed by atoms with Crippen molar-refractivity contribution < 1.29 is 14.7 Å². The normalized spacial score (nSPS) is 11.9. The van der Waals surface area contributed by atoms with Crippen LogP contribution in [0.25, 0.3) is 0 Å². The molecule has 0 fully saturated rings. The summed E-state index contributed by atoms with van der Waals surface area (Å²) in [7, 11) is 0. The number of halogens is 1. The molecule has 1 amide bonds. The molecule has 0 bridgehead atoms. The number of nitrogens with two attached hydrogens (primary N) is 1. The van der Waals surface area contributed by atoms with Gasteiger partial charge in [-0.2, -0.15) is 0 Å². The quantitative estimate of drug-likeness (QED) is 0.710. The Bertz CT molecular complexity index is 491. The van der Waals surface area contributed by atoms with Crippen molar-refractivity contribution in [3.05, 3.63) is 28.2 Å². The first kappa shape index (κ1) is 16.7. The number of carboxylic acids is 1. The Morgan fingerprint density at radius 3 is 2.70 bits per heavy atom. The highest BCUT2D eigenvalue weighted by molar-refractivity contribution is 9.10. The molecule has 0 radical (unpaired) electrons. The summed E-state index contributed by atoms with van der Waals surface area (Å²) in [6.07, 6.45) is 1.96. The zero-order chi connectivity index (χ0) is 15.1. The molecule has 0 heterocycles. The van der Waals surface area contributed by atoms with Crippen LogP contribution in [0.2, 0.25) is 0 Å². The molecular weight excluding hydrogens is 324 g/mol. The minimum atomic E-state index is -1.07. The zero-order valence-corrected chi connectivity index (χ0v) is 12.9. The lowest BCUT2D eigenvalue weighted by Crippen LogP contribution is -2.16. The standard InChI is InChI=1S/C14H19BrN2O3/c1-9(7-8-16)5-6-12(18)17-13-10(14(19)20)3-2-4-11(13)15/h2-4,9H,5-8,16H2,1H3,(H,17,18)(H,19,20). The number of amides is 1. The second-order valence-corrected chi connectivity index (χ2v) is 5.59. The predicted octanol–water partition coefficient (Wildman–Crippen LogP) is 2.85. The third-order valence-electron chi connectivity index (χ3n) is 3.03. The number of nitrogens with one attached hydrogen (secondary N) is 1. The number of rotatable bonds is 7. The lowest BCUT2D eigenvalue weighted by molar-refractivity contribution is -0.116. The van der Waals surface area contributed by atoms with Gasteiger partial charge in [-0.1, -0.05) is 13.0 Å². The fraction of sp³-hybridized carbons (Fsp3) is 0.429. The third kappa shape index (κ3) is 4.94. The van der Waals surface area contributed by atoms with Crippen LogP contribution in [0.4, 0.5) is 5.69 Å². The molecule has 0 aliphatic carbocycles. The van der Waals surface area contributed by atoms with Gasteiger partial charge in [0.25, 0.3) is 0 Å². The van der Waals surface area contributed by atoms with Crippen molar-refractivity contribution in [2.24, 2.45) is 11.7 Å². The molecule has 0 saturated carbocycles. The largest absolute Gasteiger partial charge is 0.478 e. The molecule has 110 valence electrons. The molecule has 0 saturated heterocycles. The molecule has 0 aliphatic heterocycles. The van der Waals surface area contributed by atoms with Gasteiger partial charge in [-0.15, -0.1) is 0 Å².